The third-order valence-corrected chi connectivity index (χ3v) is 3.29. The summed E-state index contributed by atoms with van der Waals surface area (Å²) in [5, 5.41) is 3.03. The number of rotatable bonds is 7. The number of hydrogen-bond acceptors (Lipinski definition) is 4. The van der Waals surface area contributed by atoms with E-state index in [9.17, 15) is 0 Å². The molecule has 3 N–H and O–H groups in total. The first kappa shape index (κ1) is 20.9. The van der Waals surface area contributed by atoms with E-state index in [1.165, 1.54) is 0 Å². The van der Waals surface area contributed by atoms with E-state index >= 15 is 0 Å². The molecule has 0 saturated carbocycles. The van der Waals surface area contributed by atoms with Crippen molar-refractivity contribution in [2.45, 2.75) is 13.0 Å². The maximum atomic E-state index is 5.93. The number of nitrogens with two attached hydrogens (primary N) is 1. The van der Waals surface area contributed by atoms with Crippen molar-refractivity contribution < 1.29 is 14.2 Å². The van der Waals surface area contributed by atoms with Crippen LogP contribution >= 0.6 is 24.0 Å². The summed E-state index contributed by atoms with van der Waals surface area (Å²) in [7, 11) is 3.22. The zero-order valence-corrected chi connectivity index (χ0v) is 16.9. The number of halogens is 1. The standard InChI is InChI=1S/C18H23N3O3.HI/c1-13(24-17-11-7-6-10-16(17)23-3)12-20-18(19)21-14-8-4-5-9-15(14)22-2;/h4-11,13H,12H2,1-3H3,(H3,19,20,21);1H. The molecule has 0 heterocycles. The van der Waals surface area contributed by atoms with Crippen LogP contribution in [-0.2, 0) is 0 Å². The molecule has 7 heteroatoms. The van der Waals surface area contributed by atoms with Crippen LogP contribution in [0.4, 0.5) is 5.69 Å². The van der Waals surface area contributed by atoms with Crippen LogP contribution in [0.1, 0.15) is 6.92 Å². The van der Waals surface area contributed by atoms with E-state index in [1.807, 2.05) is 55.5 Å². The molecule has 0 aromatic heterocycles. The van der Waals surface area contributed by atoms with Gasteiger partial charge in [0.1, 0.15) is 11.9 Å². The molecule has 0 saturated heterocycles. The average molecular weight is 457 g/mol. The molecule has 0 aliphatic rings. The van der Waals surface area contributed by atoms with Crippen LogP contribution in [-0.4, -0.2) is 32.8 Å². The lowest BCUT2D eigenvalue weighted by molar-refractivity contribution is 0.219. The molecule has 0 aliphatic heterocycles. The molecule has 0 radical (unpaired) electrons. The van der Waals surface area contributed by atoms with Gasteiger partial charge in [0.2, 0.25) is 0 Å². The van der Waals surface area contributed by atoms with Crippen LogP contribution in [0.25, 0.3) is 0 Å². The summed E-state index contributed by atoms with van der Waals surface area (Å²) < 4.78 is 16.4. The Bertz CT molecular complexity index is 695. The Morgan fingerprint density at radius 3 is 2.20 bits per heavy atom. The minimum absolute atomic E-state index is 0. The van der Waals surface area contributed by atoms with Gasteiger partial charge in [0.05, 0.1) is 26.5 Å². The molecule has 25 heavy (non-hydrogen) atoms. The van der Waals surface area contributed by atoms with Gasteiger partial charge >= 0.3 is 0 Å². The fraction of sp³-hybridized carbons (Fsp3) is 0.278. The second kappa shape index (κ2) is 10.7. The Kier molecular flexibility index (Phi) is 8.90. The lowest BCUT2D eigenvalue weighted by Crippen LogP contribution is -2.26. The van der Waals surface area contributed by atoms with Gasteiger partial charge in [0, 0.05) is 0 Å². The van der Waals surface area contributed by atoms with Gasteiger partial charge in [-0.3, -0.25) is 0 Å². The molecule has 136 valence electrons. The van der Waals surface area contributed by atoms with Gasteiger partial charge in [-0.2, -0.15) is 0 Å². The van der Waals surface area contributed by atoms with E-state index in [2.05, 4.69) is 10.3 Å². The van der Waals surface area contributed by atoms with Crippen LogP contribution < -0.4 is 25.3 Å². The maximum Gasteiger partial charge on any atom is 0.193 e. The summed E-state index contributed by atoms with van der Waals surface area (Å²) in [6, 6.07) is 15.0. The van der Waals surface area contributed by atoms with E-state index in [0.29, 0.717) is 29.8 Å². The molecule has 6 nitrogen and oxygen atoms in total. The molecule has 0 aliphatic carbocycles. The van der Waals surface area contributed by atoms with Crippen molar-refractivity contribution in [3.05, 3.63) is 48.5 Å². The summed E-state index contributed by atoms with van der Waals surface area (Å²) in [4.78, 5) is 4.31. The molecular weight excluding hydrogens is 433 g/mol. The van der Waals surface area contributed by atoms with Gasteiger partial charge in [-0.15, -0.1) is 24.0 Å². The summed E-state index contributed by atoms with van der Waals surface area (Å²) in [6.45, 7) is 2.33. The molecule has 0 amide bonds. The molecule has 0 spiro atoms. The molecule has 2 aromatic rings. The summed E-state index contributed by atoms with van der Waals surface area (Å²) in [5.74, 6) is 2.37. The Morgan fingerprint density at radius 2 is 1.56 bits per heavy atom. The Morgan fingerprint density at radius 1 is 1.00 bits per heavy atom. The van der Waals surface area contributed by atoms with Gasteiger partial charge in [-0.25, -0.2) is 4.99 Å². The van der Waals surface area contributed by atoms with E-state index in [1.54, 1.807) is 14.2 Å². The van der Waals surface area contributed by atoms with Crippen molar-refractivity contribution in [1.82, 2.24) is 0 Å². The predicted octanol–water partition coefficient (Wildman–Crippen LogP) is 3.52. The Hall–Kier alpha value is -2.16. The fourth-order valence-corrected chi connectivity index (χ4v) is 2.12. The highest BCUT2D eigenvalue weighted by Gasteiger charge is 2.08. The number of hydrogen-bond donors (Lipinski definition) is 2. The molecule has 0 bridgehead atoms. The number of nitrogens with one attached hydrogen (secondary N) is 1. The molecule has 1 unspecified atom stereocenters. The molecule has 0 fully saturated rings. The quantitative estimate of drug-likeness (QED) is 0.378. The van der Waals surface area contributed by atoms with Crippen LogP contribution in [0.5, 0.6) is 17.2 Å². The zero-order chi connectivity index (χ0) is 17.4. The Balaban J connectivity index is 0.00000312. The number of aliphatic imine (C=N–C) groups is 1. The van der Waals surface area contributed by atoms with Crippen molar-refractivity contribution in [3.8, 4) is 17.2 Å². The lowest BCUT2D eigenvalue weighted by Gasteiger charge is -2.16. The van der Waals surface area contributed by atoms with Gasteiger partial charge < -0.3 is 25.3 Å². The second-order valence-corrected chi connectivity index (χ2v) is 5.13. The number of anilines is 1. The SMILES string of the molecule is COc1ccccc1NC(N)=NCC(C)Oc1ccccc1OC.I. The first-order chi connectivity index (χ1) is 11.6. The first-order valence-corrected chi connectivity index (χ1v) is 7.63. The van der Waals surface area contributed by atoms with Crippen LogP contribution in [0.2, 0.25) is 0 Å². The third kappa shape index (κ3) is 6.33. The summed E-state index contributed by atoms with van der Waals surface area (Å²) in [5.41, 5.74) is 6.69. The minimum atomic E-state index is -0.153. The lowest BCUT2D eigenvalue weighted by atomic mass is 10.3. The molecule has 1 atom stereocenters. The average Bonchev–Trinajstić information content (AvgIpc) is 2.61. The van der Waals surface area contributed by atoms with Gasteiger partial charge in [-0.1, -0.05) is 24.3 Å². The Labute approximate surface area is 165 Å². The van der Waals surface area contributed by atoms with Crippen molar-refractivity contribution in [2.75, 3.05) is 26.1 Å². The highest BCUT2D eigenvalue weighted by molar-refractivity contribution is 14.0. The van der Waals surface area contributed by atoms with Crippen molar-refractivity contribution in [1.29, 1.82) is 0 Å². The van der Waals surface area contributed by atoms with Crippen molar-refractivity contribution in [2.24, 2.45) is 10.7 Å². The summed E-state index contributed by atoms with van der Waals surface area (Å²) in [6.07, 6.45) is -0.153. The molecule has 2 rings (SSSR count). The molecular formula is C18H24IN3O3. The third-order valence-electron chi connectivity index (χ3n) is 3.29. The number of guanidine groups is 1. The number of nitrogens with zero attached hydrogens (tertiary/aromatic N) is 1. The van der Waals surface area contributed by atoms with Gasteiger partial charge in [0.15, 0.2) is 17.5 Å². The number of ether oxygens (including phenoxy) is 3. The highest BCUT2D eigenvalue weighted by atomic mass is 127. The van der Waals surface area contributed by atoms with Crippen molar-refractivity contribution in [3.63, 3.8) is 0 Å². The molecule has 2 aromatic carbocycles. The monoisotopic (exact) mass is 457 g/mol. The summed E-state index contributed by atoms with van der Waals surface area (Å²) >= 11 is 0. The van der Waals surface area contributed by atoms with Crippen LogP contribution in [0.15, 0.2) is 53.5 Å². The van der Waals surface area contributed by atoms with E-state index < -0.39 is 0 Å². The number of para-hydroxylation sites is 4. The minimum Gasteiger partial charge on any atom is -0.495 e. The fourth-order valence-electron chi connectivity index (χ4n) is 2.12. The van der Waals surface area contributed by atoms with Crippen LogP contribution in [0.3, 0.4) is 0 Å². The first-order valence-electron chi connectivity index (χ1n) is 7.63. The maximum absolute atomic E-state index is 5.93. The van der Waals surface area contributed by atoms with E-state index in [4.69, 9.17) is 19.9 Å². The zero-order valence-electron chi connectivity index (χ0n) is 14.6. The predicted molar refractivity (Wildman–Crippen MR) is 112 cm³/mol. The van der Waals surface area contributed by atoms with Crippen molar-refractivity contribution >= 4 is 35.6 Å². The van der Waals surface area contributed by atoms with Gasteiger partial charge in [-0.05, 0) is 31.2 Å². The normalized spacial score (nSPS) is 11.9. The van der Waals surface area contributed by atoms with E-state index in [-0.39, 0.29) is 30.1 Å². The second-order valence-electron chi connectivity index (χ2n) is 5.13. The highest BCUT2D eigenvalue weighted by Crippen LogP contribution is 2.27. The smallest absolute Gasteiger partial charge is 0.193 e. The largest absolute Gasteiger partial charge is 0.495 e. The van der Waals surface area contributed by atoms with E-state index in [0.717, 1.165) is 5.69 Å². The van der Waals surface area contributed by atoms with Crippen LogP contribution in [0, 0.1) is 0 Å². The number of methoxy groups -OCH3 is 2. The topological polar surface area (TPSA) is 78.1 Å². The van der Waals surface area contributed by atoms with Gasteiger partial charge in [0.25, 0.3) is 0 Å². The number of benzene rings is 2.